The minimum Gasteiger partial charge on any atom is -0.355 e. The SMILES string of the molecule is CCCCCCCCC1(CCCCCCCC)c2ccccc2-c2ccc(-c3c4nc(c(Br)c5ccc([nH]5)c(-c5ccc6c(c5)C(CCCCCCCC)(CCCCCCCC)c5ccccc5-6)c5nc(c(C)c6ccc3[nH]6)C=C5)C=C4)cc21. The first-order valence-corrected chi connectivity index (χ1v) is 34.4. The molecule has 0 saturated carbocycles. The van der Waals surface area contributed by atoms with Crippen molar-refractivity contribution in [3.63, 3.8) is 0 Å². The minimum atomic E-state index is -0.0274. The number of H-pyrrole nitrogens is 2. The molecule has 0 saturated heterocycles. The lowest BCUT2D eigenvalue weighted by atomic mass is 9.70. The van der Waals surface area contributed by atoms with Crippen LogP contribution in [0.15, 0.2) is 114 Å². The number of nitrogens with one attached hydrogen (secondary N) is 2. The van der Waals surface area contributed by atoms with Crippen LogP contribution in [0.1, 0.15) is 258 Å². The summed E-state index contributed by atoms with van der Waals surface area (Å²) in [7, 11) is 0. The average Bonchev–Trinajstić information content (AvgIpc) is 1.94. The zero-order valence-corrected chi connectivity index (χ0v) is 53.4. The van der Waals surface area contributed by atoms with Gasteiger partial charge in [-0.25, -0.2) is 9.97 Å². The van der Waals surface area contributed by atoms with E-state index in [1.54, 1.807) is 0 Å². The molecule has 0 radical (unpaired) electrons. The summed E-state index contributed by atoms with van der Waals surface area (Å²) < 4.78 is 0.945. The standard InChI is InChI=1S/C79H95BrN4/c1-6-10-14-18-22-30-50-78(51-31-23-19-15-11-7-2)63-36-28-26-34-59(63)61-40-38-57(54-65(61)78)75-69-44-42-67(81-69)56(5)68-43-45-70(82-68)76(72-47-49-74(84-72)77(80)73-48-46-71(75)83-73)58-39-41-62-60-35-27-29-37-64(60)79(66(62)55-58,52-32-24-20-16-12-8-3)53-33-25-21-17-13-9-4/h26-29,34-49,54-55,81,84H,6-25,30-33,50-53H2,1-5H3. The van der Waals surface area contributed by atoms with Crippen LogP contribution in [0.4, 0.5) is 0 Å². The van der Waals surface area contributed by atoms with Gasteiger partial charge in [-0.15, -0.1) is 0 Å². The first kappa shape index (κ1) is 59.7. The molecule has 84 heavy (non-hydrogen) atoms. The van der Waals surface area contributed by atoms with Gasteiger partial charge in [0.15, 0.2) is 0 Å². The van der Waals surface area contributed by atoms with Crippen LogP contribution in [0.3, 0.4) is 0 Å². The number of aromatic amines is 2. The third kappa shape index (κ3) is 12.3. The maximum atomic E-state index is 5.61. The highest BCUT2D eigenvalue weighted by Crippen LogP contribution is 2.57. The third-order valence-corrected chi connectivity index (χ3v) is 20.7. The van der Waals surface area contributed by atoms with E-state index in [4.69, 9.17) is 9.97 Å². The normalized spacial score (nSPS) is 14.1. The molecule has 7 aromatic rings. The van der Waals surface area contributed by atoms with Gasteiger partial charge in [-0.2, -0.15) is 0 Å². The molecule has 4 nitrogen and oxygen atoms in total. The molecule has 0 atom stereocenters. The number of benzene rings is 4. The molecule has 2 aliphatic heterocycles. The second-order valence-corrected chi connectivity index (χ2v) is 26.3. The molecule has 8 bridgehead atoms. The predicted octanol–water partition coefficient (Wildman–Crippen LogP) is 24.6. The fraction of sp³-hybridized carbons (Fsp3) is 0.443. The van der Waals surface area contributed by atoms with Crippen LogP contribution >= 0.6 is 15.9 Å². The van der Waals surface area contributed by atoms with Gasteiger partial charge in [0.05, 0.1) is 32.8 Å². The highest BCUT2D eigenvalue weighted by Gasteiger charge is 2.44. The van der Waals surface area contributed by atoms with Crippen molar-refractivity contribution in [1.82, 2.24) is 19.9 Å². The fourth-order valence-electron chi connectivity index (χ4n) is 15.3. The zero-order chi connectivity index (χ0) is 57.9. The first-order chi connectivity index (χ1) is 41.3. The molecule has 0 amide bonds. The number of nitrogens with zero attached hydrogens (tertiary/aromatic N) is 2. The first-order valence-electron chi connectivity index (χ1n) is 33.6. The maximum Gasteiger partial charge on any atom is 0.0801 e. The molecule has 2 N–H and O–H groups in total. The average molecular weight is 1180 g/mol. The van der Waals surface area contributed by atoms with Gasteiger partial charge in [-0.05, 0) is 170 Å². The molecule has 2 aliphatic carbocycles. The molecule has 0 fully saturated rings. The summed E-state index contributed by atoms with van der Waals surface area (Å²) in [6.07, 6.45) is 45.0. The molecule has 5 heterocycles. The number of fused-ring (bicyclic) bond motifs is 14. The van der Waals surface area contributed by atoms with Crippen LogP contribution in [0, 0.1) is 6.92 Å². The molecular weight excluding hydrogens is 1080 g/mol. The lowest BCUT2D eigenvalue weighted by Crippen LogP contribution is -2.25. The molecular formula is C79H95BrN4. The number of halogens is 1. The third-order valence-electron chi connectivity index (χ3n) is 19.9. The largest absolute Gasteiger partial charge is 0.355 e. The second kappa shape index (κ2) is 28.0. The Balaban J connectivity index is 1.03. The smallest absolute Gasteiger partial charge is 0.0801 e. The van der Waals surface area contributed by atoms with Crippen LogP contribution in [0.5, 0.6) is 0 Å². The van der Waals surface area contributed by atoms with Gasteiger partial charge in [0.1, 0.15) is 0 Å². The van der Waals surface area contributed by atoms with E-state index in [9.17, 15) is 0 Å². The Morgan fingerprint density at radius 2 is 0.690 bits per heavy atom. The van der Waals surface area contributed by atoms with Crippen molar-refractivity contribution in [2.24, 2.45) is 0 Å². The van der Waals surface area contributed by atoms with E-state index in [1.807, 2.05) is 0 Å². The lowest BCUT2D eigenvalue weighted by Gasteiger charge is -2.33. The molecule has 4 aromatic carbocycles. The zero-order valence-electron chi connectivity index (χ0n) is 51.8. The summed E-state index contributed by atoms with van der Waals surface area (Å²) in [4.78, 5) is 19.1. The topological polar surface area (TPSA) is 57.4 Å². The maximum absolute atomic E-state index is 5.61. The van der Waals surface area contributed by atoms with E-state index in [0.29, 0.717) is 0 Å². The summed E-state index contributed by atoms with van der Waals surface area (Å²) in [6.45, 7) is 11.5. The van der Waals surface area contributed by atoms with E-state index >= 15 is 0 Å². The Hall–Kier alpha value is -6.04. The molecule has 0 unspecified atom stereocenters. The molecule has 4 aliphatic rings. The van der Waals surface area contributed by atoms with Crippen LogP contribution < -0.4 is 0 Å². The van der Waals surface area contributed by atoms with Crippen molar-refractivity contribution in [3.8, 4) is 44.5 Å². The minimum absolute atomic E-state index is 0.0274. The summed E-state index contributed by atoms with van der Waals surface area (Å²) in [5.74, 6) is 0. The summed E-state index contributed by atoms with van der Waals surface area (Å²) >= 11 is 4.15. The van der Waals surface area contributed by atoms with Crippen molar-refractivity contribution >= 4 is 62.3 Å². The predicted molar refractivity (Wildman–Crippen MR) is 367 cm³/mol. The van der Waals surface area contributed by atoms with Gasteiger partial charge in [0, 0.05) is 38.5 Å². The Bertz CT molecular complexity index is 3370. The van der Waals surface area contributed by atoms with Gasteiger partial charge in [-0.1, -0.05) is 255 Å². The molecule has 0 spiro atoms. The summed E-state index contributed by atoms with van der Waals surface area (Å²) in [5, 5.41) is 0. The Kier molecular flexibility index (Phi) is 19.9. The number of unbranched alkanes of at least 4 members (excludes halogenated alkanes) is 20. The number of hydrogen-bond donors (Lipinski definition) is 2. The molecule has 11 rings (SSSR count). The number of hydrogen-bond acceptors (Lipinski definition) is 2. The quantitative estimate of drug-likeness (QED) is 0.0441. The monoisotopic (exact) mass is 1180 g/mol. The number of rotatable bonds is 30. The van der Waals surface area contributed by atoms with E-state index in [2.05, 4.69) is 194 Å². The van der Waals surface area contributed by atoms with Crippen molar-refractivity contribution in [3.05, 3.63) is 164 Å². The molecule has 5 heteroatoms. The Morgan fingerprint density at radius 3 is 1.14 bits per heavy atom. The Labute approximate surface area is 513 Å². The van der Waals surface area contributed by atoms with E-state index in [1.165, 1.54) is 235 Å². The summed E-state index contributed by atoms with van der Waals surface area (Å²) in [6, 6.07) is 42.7. The van der Waals surface area contributed by atoms with Crippen LogP contribution in [-0.2, 0) is 10.8 Å². The highest BCUT2D eigenvalue weighted by molar-refractivity contribution is 9.10. The van der Waals surface area contributed by atoms with Gasteiger partial charge in [-0.3, -0.25) is 0 Å². The van der Waals surface area contributed by atoms with Crippen LogP contribution in [-0.4, -0.2) is 19.9 Å². The number of aryl methyl sites for hydroxylation is 1. The van der Waals surface area contributed by atoms with E-state index < -0.39 is 0 Å². The van der Waals surface area contributed by atoms with E-state index in [-0.39, 0.29) is 10.8 Å². The van der Waals surface area contributed by atoms with Crippen molar-refractivity contribution in [2.75, 3.05) is 0 Å². The summed E-state index contributed by atoms with van der Waals surface area (Å²) in [5.41, 5.74) is 25.5. The van der Waals surface area contributed by atoms with Gasteiger partial charge >= 0.3 is 0 Å². The van der Waals surface area contributed by atoms with Gasteiger partial charge < -0.3 is 9.97 Å². The Morgan fingerprint density at radius 1 is 0.345 bits per heavy atom. The molecule has 438 valence electrons. The number of aromatic nitrogens is 4. The van der Waals surface area contributed by atoms with Crippen molar-refractivity contribution in [1.29, 1.82) is 0 Å². The van der Waals surface area contributed by atoms with Gasteiger partial charge in [0.25, 0.3) is 0 Å². The van der Waals surface area contributed by atoms with Gasteiger partial charge in [0.2, 0.25) is 0 Å². The van der Waals surface area contributed by atoms with Crippen molar-refractivity contribution < 1.29 is 0 Å². The lowest BCUT2D eigenvalue weighted by molar-refractivity contribution is 0.398. The van der Waals surface area contributed by atoms with Crippen LogP contribution in [0.25, 0.3) is 90.9 Å². The van der Waals surface area contributed by atoms with Crippen molar-refractivity contribution in [2.45, 2.75) is 225 Å². The molecule has 3 aromatic heterocycles. The van der Waals surface area contributed by atoms with Crippen LogP contribution in [0.2, 0.25) is 0 Å². The highest BCUT2D eigenvalue weighted by atomic mass is 79.9. The van der Waals surface area contributed by atoms with E-state index in [0.717, 1.165) is 66.0 Å². The second-order valence-electron chi connectivity index (χ2n) is 25.5. The fourth-order valence-corrected chi connectivity index (χ4v) is 15.8.